The van der Waals surface area contributed by atoms with Crippen LogP contribution < -0.4 is 0 Å². The lowest BCUT2D eigenvalue weighted by molar-refractivity contribution is 0.502. The van der Waals surface area contributed by atoms with E-state index < -0.39 is 16.0 Å². The van der Waals surface area contributed by atoms with E-state index in [2.05, 4.69) is 0 Å². The van der Waals surface area contributed by atoms with Gasteiger partial charge in [0.15, 0.2) is 0 Å². The molecule has 0 aromatic rings. The summed E-state index contributed by atoms with van der Waals surface area (Å²) < 4.78 is 34.0. The summed E-state index contributed by atoms with van der Waals surface area (Å²) in [7, 11) is -3.61. The van der Waals surface area contributed by atoms with Gasteiger partial charge < -0.3 is 0 Å². The van der Waals surface area contributed by atoms with Crippen LogP contribution >= 0.6 is 22.9 Å². The monoisotopic (exact) mass is 281 g/mol. The number of rotatable bonds is 4. The Morgan fingerprint density at radius 1 is 1.60 bits per heavy atom. The van der Waals surface area contributed by atoms with Gasteiger partial charge >= 0.3 is 0 Å². The maximum atomic E-state index is 11.7. The average Bonchev–Trinajstić information content (AvgIpc) is 1.89. The molecule has 62 valence electrons. The Bertz CT molecular complexity index is 182. The molecule has 0 heterocycles. The SMILES string of the molecule is CCCN(I)S(=O)(=O)CF. The lowest BCUT2D eigenvalue weighted by atomic mass is 10.5. The molecule has 0 saturated carbocycles. The highest BCUT2D eigenvalue weighted by atomic mass is 127. The predicted molar refractivity (Wildman–Crippen MR) is 45.9 cm³/mol. The largest absolute Gasteiger partial charge is 0.252 e. The molecular weight excluding hydrogens is 272 g/mol. The number of alkyl halides is 1. The number of halogens is 2. The van der Waals surface area contributed by atoms with Crippen LogP contribution in [0, 0.1) is 0 Å². The molecule has 0 aromatic carbocycles. The van der Waals surface area contributed by atoms with E-state index in [0.717, 1.165) is 2.52 Å². The quantitative estimate of drug-likeness (QED) is 0.575. The van der Waals surface area contributed by atoms with E-state index in [-0.39, 0.29) is 0 Å². The van der Waals surface area contributed by atoms with E-state index in [0.29, 0.717) is 13.0 Å². The topological polar surface area (TPSA) is 37.4 Å². The van der Waals surface area contributed by atoms with Gasteiger partial charge in [0.05, 0.1) is 0 Å². The summed E-state index contributed by atoms with van der Waals surface area (Å²) in [6.07, 6.45) is 0.697. The van der Waals surface area contributed by atoms with Crippen molar-refractivity contribution in [2.24, 2.45) is 0 Å². The fourth-order valence-corrected chi connectivity index (χ4v) is 1.73. The van der Waals surface area contributed by atoms with Crippen molar-refractivity contribution in [3.05, 3.63) is 0 Å². The normalized spacial score (nSPS) is 12.4. The Labute approximate surface area is 74.1 Å². The van der Waals surface area contributed by atoms with Crippen molar-refractivity contribution in [2.75, 3.05) is 12.6 Å². The van der Waals surface area contributed by atoms with Crippen molar-refractivity contribution in [1.29, 1.82) is 0 Å². The van der Waals surface area contributed by atoms with Crippen LogP contribution in [0.4, 0.5) is 4.39 Å². The van der Waals surface area contributed by atoms with E-state index in [4.69, 9.17) is 0 Å². The zero-order chi connectivity index (χ0) is 8.20. The summed E-state index contributed by atoms with van der Waals surface area (Å²) >= 11 is 1.59. The van der Waals surface area contributed by atoms with Crippen LogP contribution in [-0.4, -0.2) is 23.5 Å². The summed E-state index contributed by atoms with van der Waals surface area (Å²) in [6.45, 7) is 2.20. The van der Waals surface area contributed by atoms with Gasteiger partial charge in [0.1, 0.15) is 0 Å². The zero-order valence-electron chi connectivity index (χ0n) is 5.55. The van der Waals surface area contributed by atoms with Crippen LogP contribution in [0.3, 0.4) is 0 Å². The van der Waals surface area contributed by atoms with Crippen LogP contribution in [0.2, 0.25) is 0 Å². The third-order valence-electron chi connectivity index (χ3n) is 0.839. The first kappa shape index (κ1) is 10.6. The molecule has 0 atom stereocenters. The molecule has 0 aliphatic carbocycles. The van der Waals surface area contributed by atoms with Gasteiger partial charge in [-0.15, -0.1) is 2.52 Å². The van der Waals surface area contributed by atoms with Crippen molar-refractivity contribution in [2.45, 2.75) is 13.3 Å². The lowest BCUT2D eigenvalue weighted by Gasteiger charge is -2.09. The van der Waals surface area contributed by atoms with Crippen molar-refractivity contribution >= 4 is 32.9 Å². The van der Waals surface area contributed by atoms with E-state index >= 15 is 0 Å². The van der Waals surface area contributed by atoms with Gasteiger partial charge in [-0.3, -0.25) is 0 Å². The molecule has 0 spiro atoms. The molecular formula is C4H9FINO2S. The van der Waals surface area contributed by atoms with Crippen molar-refractivity contribution in [1.82, 2.24) is 2.52 Å². The predicted octanol–water partition coefficient (Wildman–Crippen LogP) is 1.31. The van der Waals surface area contributed by atoms with Gasteiger partial charge in [-0.25, -0.2) is 12.8 Å². The summed E-state index contributed by atoms with van der Waals surface area (Å²) in [5, 5.41) is 0. The number of sulfonamides is 1. The molecule has 0 aliphatic heterocycles. The summed E-state index contributed by atoms with van der Waals surface area (Å²) in [6, 6.07) is -1.31. The van der Waals surface area contributed by atoms with Crippen LogP contribution in [0.1, 0.15) is 13.3 Å². The van der Waals surface area contributed by atoms with Crippen molar-refractivity contribution in [3.8, 4) is 0 Å². The second kappa shape index (κ2) is 4.45. The molecule has 0 aliphatic rings. The molecule has 0 aromatic heterocycles. The van der Waals surface area contributed by atoms with Gasteiger partial charge in [0, 0.05) is 29.4 Å². The first-order valence-corrected chi connectivity index (χ1v) is 5.34. The van der Waals surface area contributed by atoms with Crippen LogP contribution in [0.15, 0.2) is 0 Å². The molecule has 0 rings (SSSR count). The summed E-state index contributed by atoms with van der Waals surface area (Å²) in [4.78, 5) is 0. The molecule has 0 radical (unpaired) electrons. The number of hydrogen-bond donors (Lipinski definition) is 0. The molecule has 0 bridgehead atoms. The standard InChI is InChI=1S/C4H9FINO2S/c1-2-3-7(6)10(8,9)4-5/h2-4H2,1H3. The first-order valence-electron chi connectivity index (χ1n) is 2.76. The van der Waals surface area contributed by atoms with E-state index in [1.165, 1.54) is 0 Å². The third kappa shape index (κ3) is 3.11. The average molecular weight is 281 g/mol. The van der Waals surface area contributed by atoms with Crippen molar-refractivity contribution in [3.63, 3.8) is 0 Å². The van der Waals surface area contributed by atoms with Gasteiger partial charge in [0.2, 0.25) is 6.01 Å². The molecule has 0 fully saturated rings. The maximum absolute atomic E-state index is 11.7. The Morgan fingerprint density at radius 2 is 2.10 bits per heavy atom. The number of nitrogens with zero attached hydrogens (tertiary/aromatic N) is 1. The molecule has 0 amide bonds. The number of hydrogen-bond acceptors (Lipinski definition) is 2. The van der Waals surface area contributed by atoms with E-state index in [1.807, 2.05) is 6.92 Å². The summed E-state index contributed by atoms with van der Waals surface area (Å²) in [5.74, 6) is 0. The molecule has 0 saturated heterocycles. The van der Waals surface area contributed by atoms with E-state index in [1.54, 1.807) is 22.9 Å². The fourth-order valence-electron chi connectivity index (χ4n) is 0.368. The molecule has 6 heteroatoms. The third-order valence-corrected chi connectivity index (χ3v) is 4.18. The zero-order valence-corrected chi connectivity index (χ0v) is 8.52. The highest BCUT2D eigenvalue weighted by Crippen LogP contribution is 2.09. The minimum absolute atomic E-state index is 0.368. The van der Waals surface area contributed by atoms with Crippen LogP contribution in [0.5, 0.6) is 0 Å². The first-order chi connectivity index (χ1) is 4.54. The minimum Gasteiger partial charge on any atom is -0.232 e. The second-order valence-electron chi connectivity index (χ2n) is 1.73. The molecule has 10 heavy (non-hydrogen) atoms. The smallest absolute Gasteiger partial charge is 0.232 e. The Balaban J connectivity index is 4.06. The highest BCUT2D eigenvalue weighted by Gasteiger charge is 2.17. The van der Waals surface area contributed by atoms with E-state index in [9.17, 15) is 12.8 Å². The van der Waals surface area contributed by atoms with Gasteiger partial charge in [-0.05, 0) is 6.42 Å². The molecule has 0 N–H and O–H groups in total. The minimum atomic E-state index is -3.61. The van der Waals surface area contributed by atoms with Crippen LogP contribution in [0.25, 0.3) is 0 Å². The molecule has 0 unspecified atom stereocenters. The Hall–Kier alpha value is 0.570. The van der Waals surface area contributed by atoms with Gasteiger partial charge in [0.25, 0.3) is 10.0 Å². The van der Waals surface area contributed by atoms with Gasteiger partial charge in [-0.1, -0.05) is 6.92 Å². The van der Waals surface area contributed by atoms with Gasteiger partial charge in [-0.2, -0.15) is 0 Å². The Kier molecular flexibility index (Phi) is 4.70. The van der Waals surface area contributed by atoms with Crippen LogP contribution in [-0.2, 0) is 10.0 Å². The lowest BCUT2D eigenvalue weighted by Crippen LogP contribution is -2.22. The fraction of sp³-hybridized carbons (Fsp3) is 1.00. The summed E-state index contributed by atoms with van der Waals surface area (Å²) in [5.41, 5.74) is 0. The van der Waals surface area contributed by atoms with Crippen molar-refractivity contribution < 1.29 is 12.8 Å². The second-order valence-corrected chi connectivity index (χ2v) is 5.37. The Morgan fingerprint density at radius 3 is 2.40 bits per heavy atom. The molecule has 3 nitrogen and oxygen atoms in total. The highest BCUT2D eigenvalue weighted by molar-refractivity contribution is 14.1. The maximum Gasteiger partial charge on any atom is 0.252 e.